The van der Waals surface area contributed by atoms with E-state index in [0.29, 0.717) is 0 Å². The van der Waals surface area contributed by atoms with Gasteiger partial charge in [0.15, 0.2) is 11.5 Å². The Hall–Kier alpha value is -2.69. The third-order valence-corrected chi connectivity index (χ3v) is 4.21. The second-order valence-corrected chi connectivity index (χ2v) is 5.77. The molecule has 0 saturated carbocycles. The molecule has 2 aromatic rings. The van der Waals surface area contributed by atoms with Gasteiger partial charge in [-0.15, -0.1) is 0 Å². The van der Waals surface area contributed by atoms with E-state index in [1.165, 1.54) is 0 Å². The van der Waals surface area contributed by atoms with Crippen molar-refractivity contribution in [3.63, 3.8) is 0 Å². The lowest BCUT2D eigenvalue weighted by Gasteiger charge is -2.16. The van der Waals surface area contributed by atoms with Crippen LogP contribution in [0, 0.1) is 0 Å². The van der Waals surface area contributed by atoms with E-state index in [0.717, 1.165) is 54.2 Å². The molecule has 1 N–H and O–H groups in total. The SMILES string of the molecule is O=C(Nc1cccc(-c2ccc3c(c2)OCO3)c1)N1CCCC1. The molecule has 1 fully saturated rings. The molecule has 4 rings (SSSR count). The Bertz CT molecular complexity index is 739. The molecule has 0 aliphatic carbocycles. The number of ether oxygens (including phenoxy) is 2. The monoisotopic (exact) mass is 310 g/mol. The van der Waals surface area contributed by atoms with Gasteiger partial charge in [0, 0.05) is 18.8 Å². The highest BCUT2D eigenvalue weighted by Crippen LogP contribution is 2.36. The maximum atomic E-state index is 12.2. The third kappa shape index (κ3) is 2.82. The van der Waals surface area contributed by atoms with Crippen LogP contribution in [0.2, 0.25) is 0 Å². The number of carbonyl (C=O) groups is 1. The van der Waals surface area contributed by atoms with Crippen LogP contribution in [0.25, 0.3) is 11.1 Å². The van der Waals surface area contributed by atoms with Crippen molar-refractivity contribution in [1.82, 2.24) is 4.90 Å². The van der Waals surface area contributed by atoms with Gasteiger partial charge in [-0.1, -0.05) is 18.2 Å². The minimum absolute atomic E-state index is 0.0228. The van der Waals surface area contributed by atoms with Gasteiger partial charge in [0.1, 0.15) is 0 Å². The molecule has 5 nitrogen and oxygen atoms in total. The van der Waals surface area contributed by atoms with Crippen molar-refractivity contribution < 1.29 is 14.3 Å². The third-order valence-electron chi connectivity index (χ3n) is 4.21. The number of carbonyl (C=O) groups excluding carboxylic acids is 1. The van der Waals surface area contributed by atoms with Gasteiger partial charge < -0.3 is 19.7 Å². The predicted molar refractivity (Wildman–Crippen MR) is 87.8 cm³/mol. The van der Waals surface area contributed by atoms with Crippen LogP contribution in [0.4, 0.5) is 10.5 Å². The van der Waals surface area contributed by atoms with Gasteiger partial charge in [-0.2, -0.15) is 0 Å². The number of likely N-dealkylation sites (tertiary alicyclic amines) is 1. The van der Waals surface area contributed by atoms with Gasteiger partial charge in [0.2, 0.25) is 6.79 Å². The maximum Gasteiger partial charge on any atom is 0.321 e. The second kappa shape index (κ2) is 5.83. The number of nitrogens with zero attached hydrogens (tertiary/aromatic N) is 1. The summed E-state index contributed by atoms with van der Waals surface area (Å²) in [7, 11) is 0. The Kier molecular flexibility index (Phi) is 3.54. The molecule has 0 aromatic heterocycles. The van der Waals surface area contributed by atoms with Crippen molar-refractivity contribution in [3.05, 3.63) is 42.5 Å². The Morgan fingerprint density at radius 1 is 0.957 bits per heavy atom. The zero-order chi connectivity index (χ0) is 15.6. The van der Waals surface area contributed by atoms with E-state index >= 15 is 0 Å². The van der Waals surface area contributed by atoms with Gasteiger partial charge in [0.05, 0.1) is 0 Å². The average molecular weight is 310 g/mol. The van der Waals surface area contributed by atoms with Gasteiger partial charge in [-0.3, -0.25) is 0 Å². The van der Waals surface area contributed by atoms with Crippen molar-refractivity contribution in [2.45, 2.75) is 12.8 Å². The van der Waals surface area contributed by atoms with Crippen molar-refractivity contribution in [3.8, 4) is 22.6 Å². The standard InChI is InChI=1S/C18H18N2O3/c21-18(20-8-1-2-9-20)19-15-5-3-4-13(10-15)14-6-7-16-17(11-14)23-12-22-16/h3-7,10-11H,1-2,8-9,12H2,(H,19,21). The molecule has 23 heavy (non-hydrogen) atoms. The van der Waals surface area contributed by atoms with Gasteiger partial charge in [-0.25, -0.2) is 4.79 Å². The van der Waals surface area contributed by atoms with Crippen LogP contribution >= 0.6 is 0 Å². The summed E-state index contributed by atoms with van der Waals surface area (Å²) in [5.74, 6) is 1.53. The summed E-state index contributed by atoms with van der Waals surface area (Å²) in [5, 5.41) is 2.98. The minimum Gasteiger partial charge on any atom is -0.454 e. The summed E-state index contributed by atoms with van der Waals surface area (Å²) in [6.07, 6.45) is 2.18. The van der Waals surface area contributed by atoms with Crippen LogP contribution in [-0.2, 0) is 0 Å². The number of anilines is 1. The maximum absolute atomic E-state index is 12.2. The number of hydrogen-bond acceptors (Lipinski definition) is 3. The lowest BCUT2D eigenvalue weighted by molar-refractivity contribution is 0.174. The first kappa shape index (κ1) is 13.9. The molecule has 0 unspecified atom stereocenters. The molecule has 0 bridgehead atoms. The van der Waals surface area contributed by atoms with Crippen LogP contribution in [0.5, 0.6) is 11.5 Å². The Labute approximate surface area is 134 Å². The Morgan fingerprint density at radius 2 is 1.74 bits per heavy atom. The molecule has 2 aliphatic heterocycles. The number of hydrogen-bond donors (Lipinski definition) is 1. The number of rotatable bonds is 2. The highest BCUT2D eigenvalue weighted by molar-refractivity contribution is 5.90. The zero-order valence-corrected chi connectivity index (χ0v) is 12.7. The summed E-state index contributed by atoms with van der Waals surface area (Å²) in [4.78, 5) is 14.0. The normalized spacial score (nSPS) is 15.7. The van der Waals surface area contributed by atoms with Crippen molar-refractivity contribution in [1.29, 1.82) is 0 Å². The largest absolute Gasteiger partial charge is 0.454 e. The average Bonchev–Trinajstić information content (AvgIpc) is 3.26. The van der Waals surface area contributed by atoms with Gasteiger partial charge in [0.25, 0.3) is 0 Å². The minimum atomic E-state index is -0.0228. The fourth-order valence-corrected chi connectivity index (χ4v) is 2.98. The summed E-state index contributed by atoms with van der Waals surface area (Å²) < 4.78 is 10.8. The molecule has 118 valence electrons. The smallest absolute Gasteiger partial charge is 0.321 e. The Morgan fingerprint density at radius 3 is 2.61 bits per heavy atom. The molecule has 2 aliphatic rings. The lowest BCUT2D eigenvalue weighted by Crippen LogP contribution is -2.32. The first-order chi connectivity index (χ1) is 11.3. The first-order valence-electron chi connectivity index (χ1n) is 7.86. The van der Waals surface area contributed by atoms with E-state index in [1.807, 2.05) is 47.4 Å². The zero-order valence-electron chi connectivity index (χ0n) is 12.7. The molecule has 2 amide bonds. The first-order valence-corrected chi connectivity index (χ1v) is 7.86. The molecular weight excluding hydrogens is 292 g/mol. The quantitative estimate of drug-likeness (QED) is 0.920. The topological polar surface area (TPSA) is 50.8 Å². The molecule has 2 aromatic carbocycles. The van der Waals surface area contributed by atoms with E-state index in [2.05, 4.69) is 5.32 Å². The molecule has 5 heteroatoms. The van der Waals surface area contributed by atoms with E-state index < -0.39 is 0 Å². The second-order valence-electron chi connectivity index (χ2n) is 5.77. The predicted octanol–water partition coefficient (Wildman–Crippen LogP) is 3.71. The van der Waals surface area contributed by atoms with Crippen LogP contribution in [-0.4, -0.2) is 30.8 Å². The molecule has 1 saturated heterocycles. The number of amides is 2. The summed E-state index contributed by atoms with van der Waals surface area (Å²) >= 11 is 0. The fraction of sp³-hybridized carbons (Fsp3) is 0.278. The lowest BCUT2D eigenvalue weighted by atomic mass is 10.0. The summed E-state index contributed by atoms with van der Waals surface area (Å²) in [6.45, 7) is 1.95. The van der Waals surface area contributed by atoms with E-state index in [-0.39, 0.29) is 12.8 Å². The summed E-state index contributed by atoms with van der Waals surface area (Å²) in [6, 6.07) is 13.7. The molecule has 2 heterocycles. The van der Waals surface area contributed by atoms with Crippen molar-refractivity contribution >= 4 is 11.7 Å². The molecule has 0 radical (unpaired) electrons. The van der Waals surface area contributed by atoms with E-state index in [9.17, 15) is 4.79 Å². The summed E-state index contributed by atoms with van der Waals surface area (Å²) in [5.41, 5.74) is 2.87. The van der Waals surface area contributed by atoms with Crippen LogP contribution < -0.4 is 14.8 Å². The number of benzene rings is 2. The fourth-order valence-electron chi connectivity index (χ4n) is 2.98. The van der Waals surface area contributed by atoms with Crippen LogP contribution in [0.1, 0.15) is 12.8 Å². The molecule has 0 atom stereocenters. The van der Waals surface area contributed by atoms with Crippen molar-refractivity contribution in [2.24, 2.45) is 0 Å². The van der Waals surface area contributed by atoms with Crippen molar-refractivity contribution in [2.75, 3.05) is 25.2 Å². The van der Waals surface area contributed by atoms with E-state index in [1.54, 1.807) is 0 Å². The van der Waals surface area contributed by atoms with Gasteiger partial charge in [-0.05, 0) is 48.2 Å². The highest BCUT2D eigenvalue weighted by Gasteiger charge is 2.18. The number of fused-ring (bicyclic) bond motifs is 1. The number of nitrogens with one attached hydrogen (secondary N) is 1. The van der Waals surface area contributed by atoms with Crippen LogP contribution in [0.3, 0.4) is 0 Å². The van der Waals surface area contributed by atoms with Gasteiger partial charge >= 0.3 is 6.03 Å². The highest BCUT2D eigenvalue weighted by atomic mass is 16.7. The number of urea groups is 1. The van der Waals surface area contributed by atoms with Crippen LogP contribution in [0.15, 0.2) is 42.5 Å². The molecule has 0 spiro atoms. The molecular formula is C18H18N2O3. The van der Waals surface area contributed by atoms with E-state index in [4.69, 9.17) is 9.47 Å². The Balaban J connectivity index is 1.55.